The Morgan fingerprint density at radius 2 is 2.21 bits per heavy atom. The molecule has 1 amide bonds. The minimum atomic E-state index is -0.292. The summed E-state index contributed by atoms with van der Waals surface area (Å²) >= 11 is 6.48. The molecule has 2 aliphatic carbocycles. The molecular formula is C19H21ClN2O2. The van der Waals surface area contributed by atoms with Gasteiger partial charge < -0.3 is 5.32 Å². The first-order chi connectivity index (χ1) is 11.7. The molecule has 4 nitrogen and oxygen atoms in total. The van der Waals surface area contributed by atoms with Crippen LogP contribution < -0.4 is 10.8 Å². The number of aryl methyl sites for hydroxylation is 1. The van der Waals surface area contributed by atoms with Gasteiger partial charge in [0.05, 0.1) is 16.6 Å². The number of halogens is 1. The number of fused-ring (bicyclic) bond motifs is 1. The van der Waals surface area contributed by atoms with E-state index in [-0.39, 0.29) is 23.7 Å². The van der Waals surface area contributed by atoms with Crippen molar-refractivity contribution < 1.29 is 10.0 Å². The summed E-state index contributed by atoms with van der Waals surface area (Å²) in [6.07, 6.45) is 11.4. The minimum absolute atomic E-state index is 0.114. The van der Waals surface area contributed by atoms with Crippen LogP contribution in [0.5, 0.6) is 0 Å². The summed E-state index contributed by atoms with van der Waals surface area (Å²) in [5, 5.41) is 13.2. The average Bonchev–Trinajstić information content (AvgIpc) is 3.37. The molecule has 1 heterocycles. The van der Waals surface area contributed by atoms with E-state index in [9.17, 15) is 4.79 Å². The molecule has 24 heavy (non-hydrogen) atoms. The van der Waals surface area contributed by atoms with Gasteiger partial charge in [-0.1, -0.05) is 42.0 Å². The van der Waals surface area contributed by atoms with E-state index in [0.29, 0.717) is 5.92 Å². The highest BCUT2D eigenvalue weighted by molar-refractivity contribution is 6.33. The number of hydrogen-bond donors (Lipinski definition) is 3. The van der Waals surface area contributed by atoms with Gasteiger partial charge in [0.1, 0.15) is 0 Å². The largest absolute Gasteiger partial charge is 0.384 e. The first kappa shape index (κ1) is 15.7. The Morgan fingerprint density at radius 1 is 1.33 bits per heavy atom. The maximum Gasteiger partial charge on any atom is 0.247 e. The Bertz CT molecular complexity index is 728. The molecule has 1 aromatic rings. The highest BCUT2D eigenvalue weighted by Gasteiger charge is 2.58. The van der Waals surface area contributed by atoms with Gasteiger partial charge in [0, 0.05) is 12.5 Å². The fourth-order valence-corrected chi connectivity index (χ4v) is 4.68. The number of amides is 1. The molecule has 1 unspecified atom stereocenters. The van der Waals surface area contributed by atoms with Crippen molar-refractivity contribution in [2.45, 2.75) is 25.2 Å². The first-order valence-electron chi connectivity index (χ1n) is 8.54. The number of anilines is 1. The van der Waals surface area contributed by atoms with E-state index in [1.165, 1.54) is 5.56 Å². The molecule has 0 radical (unpaired) electrons. The van der Waals surface area contributed by atoms with Gasteiger partial charge in [0.15, 0.2) is 0 Å². The average molecular weight is 345 g/mol. The Morgan fingerprint density at radius 3 is 2.96 bits per heavy atom. The van der Waals surface area contributed by atoms with Crippen molar-refractivity contribution in [2.75, 3.05) is 11.9 Å². The first-order valence-corrected chi connectivity index (χ1v) is 8.92. The number of hydroxylamine groups is 1. The third kappa shape index (κ3) is 2.64. The zero-order valence-corrected chi connectivity index (χ0v) is 14.1. The van der Waals surface area contributed by atoms with Crippen molar-refractivity contribution in [1.82, 2.24) is 5.48 Å². The number of carbonyl (C=O) groups excluding carboxylic acids is 1. The maximum absolute atomic E-state index is 12.1. The van der Waals surface area contributed by atoms with Crippen LogP contribution in [0, 0.1) is 17.8 Å². The van der Waals surface area contributed by atoms with Crippen LogP contribution in [-0.4, -0.2) is 17.7 Å². The molecule has 1 aromatic carbocycles. The summed E-state index contributed by atoms with van der Waals surface area (Å²) in [6, 6.07) is 4.18. The van der Waals surface area contributed by atoms with Crippen LogP contribution in [0.3, 0.4) is 0 Å². The molecule has 3 N–H and O–H groups in total. The second kappa shape index (κ2) is 6.26. The van der Waals surface area contributed by atoms with Crippen LogP contribution in [0.25, 0.3) is 0 Å². The fourth-order valence-electron chi connectivity index (χ4n) is 4.36. The molecule has 126 valence electrons. The van der Waals surface area contributed by atoms with Crippen molar-refractivity contribution in [1.29, 1.82) is 0 Å². The minimum Gasteiger partial charge on any atom is -0.384 e. The summed E-state index contributed by atoms with van der Waals surface area (Å²) in [6.45, 7) is 0.951. The molecule has 0 spiro atoms. The molecule has 0 bridgehead atoms. The highest BCUT2D eigenvalue weighted by atomic mass is 35.5. The van der Waals surface area contributed by atoms with Crippen molar-refractivity contribution in [3.63, 3.8) is 0 Å². The lowest BCUT2D eigenvalue weighted by Crippen LogP contribution is -2.22. The molecule has 1 saturated carbocycles. The van der Waals surface area contributed by atoms with Crippen molar-refractivity contribution in [2.24, 2.45) is 17.8 Å². The Labute approximate surface area is 146 Å². The molecule has 5 heteroatoms. The van der Waals surface area contributed by atoms with Crippen molar-refractivity contribution >= 4 is 23.2 Å². The standard InChI is InChI=1S/C19H21ClN2O2/c20-14-10-13(9-12-7-4-8-21-18(12)14)16-15(17(16)19(23)22-24)11-5-2-1-3-6-11/h1-3,5,9-11,15-17,21,24H,4,6-8H2,(H,22,23)/t11?,15-,16-,17-/m1/s1. The summed E-state index contributed by atoms with van der Waals surface area (Å²) in [4.78, 5) is 12.1. The van der Waals surface area contributed by atoms with Gasteiger partial charge in [0.2, 0.25) is 5.91 Å². The third-order valence-electron chi connectivity index (χ3n) is 5.50. The predicted molar refractivity (Wildman–Crippen MR) is 94.3 cm³/mol. The van der Waals surface area contributed by atoms with Crippen LogP contribution >= 0.6 is 11.6 Å². The van der Waals surface area contributed by atoms with E-state index < -0.39 is 0 Å². The van der Waals surface area contributed by atoms with Crippen LogP contribution in [0.4, 0.5) is 5.69 Å². The van der Waals surface area contributed by atoms with Crippen LogP contribution in [-0.2, 0) is 11.2 Å². The van der Waals surface area contributed by atoms with Crippen molar-refractivity contribution in [3.8, 4) is 0 Å². The lowest BCUT2D eigenvalue weighted by Gasteiger charge is -2.21. The number of carbonyl (C=O) groups is 1. The SMILES string of the molecule is O=C(NO)[C@H]1[C@H](c2cc(Cl)c3c(c2)CCCN3)[C@H]1C1C=CC=CC1. The number of benzene rings is 1. The van der Waals surface area contributed by atoms with Crippen LogP contribution in [0.1, 0.15) is 29.9 Å². The highest BCUT2D eigenvalue weighted by Crippen LogP contribution is 2.60. The fraction of sp³-hybridized carbons (Fsp3) is 0.421. The third-order valence-corrected chi connectivity index (χ3v) is 5.80. The summed E-state index contributed by atoms with van der Waals surface area (Å²) in [7, 11) is 0. The van der Waals surface area contributed by atoms with E-state index in [1.54, 1.807) is 0 Å². The normalized spacial score (nSPS) is 30.4. The topological polar surface area (TPSA) is 61.4 Å². The zero-order chi connectivity index (χ0) is 16.7. The lowest BCUT2D eigenvalue weighted by molar-refractivity contribution is -0.131. The van der Waals surface area contributed by atoms with Crippen LogP contribution in [0.2, 0.25) is 5.02 Å². The Kier molecular flexibility index (Phi) is 4.10. The quantitative estimate of drug-likeness (QED) is 0.579. The van der Waals surface area contributed by atoms with Gasteiger partial charge in [-0.15, -0.1) is 0 Å². The molecule has 0 saturated heterocycles. The van der Waals surface area contributed by atoms with Gasteiger partial charge in [-0.2, -0.15) is 0 Å². The molecule has 0 aromatic heterocycles. The van der Waals surface area contributed by atoms with Crippen LogP contribution in [0.15, 0.2) is 36.4 Å². The Balaban J connectivity index is 1.66. The summed E-state index contributed by atoms with van der Waals surface area (Å²) in [5.41, 5.74) is 5.23. The molecule has 1 fully saturated rings. The van der Waals surface area contributed by atoms with Gasteiger partial charge >= 0.3 is 0 Å². The maximum atomic E-state index is 12.1. The summed E-state index contributed by atoms with van der Waals surface area (Å²) in [5.74, 6) is 0.170. The lowest BCUT2D eigenvalue weighted by atomic mass is 9.91. The molecule has 4 rings (SSSR count). The van der Waals surface area contributed by atoms with Gasteiger partial charge in [-0.3, -0.25) is 10.0 Å². The van der Waals surface area contributed by atoms with Crippen molar-refractivity contribution in [3.05, 3.63) is 52.6 Å². The number of nitrogens with one attached hydrogen (secondary N) is 2. The van der Waals surface area contributed by atoms with E-state index in [2.05, 4.69) is 23.5 Å². The van der Waals surface area contributed by atoms with Gasteiger partial charge in [0.25, 0.3) is 0 Å². The zero-order valence-electron chi connectivity index (χ0n) is 13.3. The number of hydrogen-bond acceptors (Lipinski definition) is 3. The molecule has 3 aliphatic rings. The Hall–Kier alpha value is -1.78. The van der Waals surface area contributed by atoms with E-state index in [0.717, 1.165) is 42.1 Å². The van der Waals surface area contributed by atoms with E-state index in [1.807, 2.05) is 23.7 Å². The van der Waals surface area contributed by atoms with E-state index >= 15 is 0 Å². The predicted octanol–water partition coefficient (Wildman–Crippen LogP) is 3.67. The smallest absolute Gasteiger partial charge is 0.247 e. The molecular weight excluding hydrogens is 324 g/mol. The van der Waals surface area contributed by atoms with Gasteiger partial charge in [-0.25, -0.2) is 5.48 Å². The monoisotopic (exact) mass is 344 g/mol. The summed E-state index contributed by atoms with van der Waals surface area (Å²) < 4.78 is 0. The van der Waals surface area contributed by atoms with E-state index in [4.69, 9.17) is 16.8 Å². The number of allylic oxidation sites excluding steroid dienone is 4. The second-order valence-corrected chi connectivity index (χ2v) is 7.29. The molecule has 1 aliphatic heterocycles. The molecule has 4 atom stereocenters. The van der Waals surface area contributed by atoms with Gasteiger partial charge in [-0.05, 0) is 48.3 Å². The second-order valence-electron chi connectivity index (χ2n) is 6.88. The number of rotatable bonds is 3.